The Hall–Kier alpha value is -1.71. The first-order valence-corrected chi connectivity index (χ1v) is 8.18. The van der Waals surface area contributed by atoms with Crippen molar-refractivity contribution in [1.82, 2.24) is 0 Å². The number of carboxylic acids is 1. The molecule has 1 rings (SSSR count). The molecule has 0 bridgehead atoms. The van der Waals surface area contributed by atoms with Gasteiger partial charge >= 0.3 is 5.97 Å². The Morgan fingerprint density at radius 2 is 1.59 bits per heavy atom. The molecule has 0 spiro atoms. The smallest absolute Gasteiger partial charge is 0.339 e. The molecule has 4 nitrogen and oxygen atoms in total. The van der Waals surface area contributed by atoms with Crippen molar-refractivity contribution in [3.8, 4) is 11.5 Å². The van der Waals surface area contributed by atoms with Crippen LogP contribution >= 0.6 is 0 Å². The Labute approximate surface area is 133 Å². The Morgan fingerprint density at radius 1 is 1.05 bits per heavy atom. The first kappa shape index (κ1) is 18.3. The normalized spacial score (nSPS) is 10.8. The lowest BCUT2D eigenvalue weighted by Crippen LogP contribution is -2.08. The third-order valence-corrected chi connectivity index (χ3v) is 3.48. The molecule has 0 heterocycles. The van der Waals surface area contributed by atoms with Crippen LogP contribution in [0.5, 0.6) is 11.5 Å². The second-order valence-corrected chi connectivity index (χ2v) is 5.75. The molecule has 0 aliphatic rings. The van der Waals surface area contributed by atoms with Crippen LogP contribution in [-0.4, -0.2) is 24.3 Å². The van der Waals surface area contributed by atoms with Gasteiger partial charge in [-0.2, -0.15) is 0 Å². The SMILES string of the molecule is CCCCOc1cc(OCCCC)c(C(C)C)cc1C(=O)O. The highest BCUT2D eigenvalue weighted by Crippen LogP contribution is 2.34. The van der Waals surface area contributed by atoms with E-state index in [-0.39, 0.29) is 11.5 Å². The van der Waals surface area contributed by atoms with Crippen LogP contribution in [0, 0.1) is 0 Å². The van der Waals surface area contributed by atoms with Gasteiger partial charge in [0.05, 0.1) is 13.2 Å². The number of benzene rings is 1. The fourth-order valence-electron chi connectivity index (χ4n) is 2.09. The molecule has 0 fully saturated rings. The molecule has 1 aromatic rings. The van der Waals surface area contributed by atoms with Crippen molar-refractivity contribution in [1.29, 1.82) is 0 Å². The lowest BCUT2D eigenvalue weighted by molar-refractivity contribution is 0.0692. The summed E-state index contributed by atoms with van der Waals surface area (Å²) in [4.78, 5) is 11.5. The summed E-state index contributed by atoms with van der Waals surface area (Å²) in [5.74, 6) is 0.365. The fraction of sp³-hybridized carbons (Fsp3) is 0.611. The molecular weight excluding hydrogens is 280 g/mol. The number of hydrogen-bond acceptors (Lipinski definition) is 3. The summed E-state index contributed by atoms with van der Waals surface area (Å²) in [5.41, 5.74) is 1.12. The molecule has 0 aliphatic heterocycles. The second-order valence-electron chi connectivity index (χ2n) is 5.75. The molecule has 0 atom stereocenters. The standard InChI is InChI=1S/C18H28O4/c1-5-7-9-21-16-12-17(22-10-8-6-2)15(18(19)20)11-14(16)13(3)4/h11-13H,5-10H2,1-4H3,(H,19,20). The summed E-state index contributed by atoms with van der Waals surface area (Å²) in [6.07, 6.45) is 3.94. The highest BCUT2D eigenvalue weighted by Gasteiger charge is 2.18. The summed E-state index contributed by atoms with van der Waals surface area (Å²) in [7, 11) is 0. The number of hydrogen-bond donors (Lipinski definition) is 1. The van der Waals surface area contributed by atoms with Crippen molar-refractivity contribution in [3.05, 3.63) is 23.3 Å². The van der Waals surface area contributed by atoms with E-state index >= 15 is 0 Å². The second kappa shape index (κ2) is 9.34. The van der Waals surface area contributed by atoms with Crippen LogP contribution in [0.1, 0.15) is 75.2 Å². The Morgan fingerprint density at radius 3 is 2.05 bits per heavy atom. The minimum Gasteiger partial charge on any atom is -0.493 e. The quantitative estimate of drug-likeness (QED) is 0.627. The van der Waals surface area contributed by atoms with Crippen LogP contribution in [0.2, 0.25) is 0 Å². The molecular formula is C18H28O4. The zero-order valence-corrected chi connectivity index (χ0v) is 14.1. The molecule has 0 radical (unpaired) electrons. The van der Waals surface area contributed by atoms with Crippen LogP contribution in [0.4, 0.5) is 0 Å². The molecule has 0 unspecified atom stereocenters. The maximum Gasteiger partial charge on any atom is 0.339 e. The molecule has 0 saturated heterocycles. The summed E-state index contributed by atoms with van der Waals surface area (Å²) < 4.78 is 11.5. The van der Waals surface area contributed by atoms with E-state index in [0.717, 1.165) is 37.0 Å². The van der Waals surface area contributed by atoms with Gasteiger partial charge in [0.1, 0.15) is 17.1 Å². The Bertz CT molecular complexity index is 480. The van der Waals surface area contributed by atoms with Crippen molar-refractivity contribution in [2.45, 2.75) is 59.3 Å². The van der Waals surface area contributed by atoms with E-state index in [1.165, 1.54) is 0 Å². The summed E-state index contributed by atoms with van der Waals surface area (Å²) in [5, 5.41) is 9.41. The topological polar surface area (TPSA) is 55.8 Å². The van der Waals surface area contributed by atoms with E-state index in [1.807, 2.05) is 13.8 Å². The van der Waals surface area contributed by atoms with Gasteiger partial charge in [-0.3, -0.25) is 0 Å². The van der Waals surface area contributed by atoms with Gasteiger partial charge in [0.15, 0.2) is 0 Å². The lowest BCUT2D eigenvalue weighted by Gasteiger charge is -2.18. The third-order valence-electron chi connectivity index (χ3n) is 3.48. The zero-order chi connectivity index (χ0) is 16.5. The van der Waals surface area contributed by atoms with Gasteiger partial charge in [-0.05, 0) is 30.4 Å². The monoisotopic (exact) mass is 308 g/mol. The van der Waals surface area contributed by atoms with Crippen molar-refractivity contribution in [2.24, 2.45) is 0 Å². The van der Waals surface area contributed by atoms with Gasteiger partial charge < -0.3 is 14.6 Å². The van der Waals surface area contributed by atoms with Crippen LogP contribution in [0.15, 0.2) is 12.1 Å². The lowest BCUT2D eigenvalue weighted by atomic mass is 9.98. The maximum atomic E-state index is 11.5. The van der Waals surface area contributed by atoms with Crippen molar-refractivity contribution >= 4 is 5.97 Å². The molecule has 0 saturated carbocycles. The van der Waals surface area contributed by atoms with Gasteiger partial charge in [0, 0.05) is 6.07 Å². The van der Waals surface area contributed by atoms with Crippen molar-refractivity contribution in [3.63, 3.8) is 0 Å². The van der Waals surface area contributed by atoms with Gasteiger partial charge in [-0.15, -0.1) is 0 Å². The number of aromatic carboxylic acids is 1. The first-order valence-electron chi connectivity index (χ1n) is 8.18. The van der Waals surface area contributed by atoms with Gasteiger partial charge in [0.2, 0.25) is 0 Å². The number of carboxylic acid groups (broad SMARTS) is 1. The Kier molecular flexibility index (Phi) is 7.78. The Balaban J connectivity index is 3.11. The van der Waals surface area contributed by atoms with Crippen LogP contribution in [-0.2, 0) is 0 Å². The maximum absolute atomic E-state index is 11.5. The van der Waals surface area contributed by atoms with Gasteiger partial charge in [0.25, 0.3) is 0 Å². The average molecular weight is 308 g/mol. The largest absolute Gasteiger partial charge is 0.493 e. The van der Waals surface area contributed by atoms with Crippen molar-refractivity contribution in [2.75, 3.05) is 13.2 Å². The third kappa shape index (κ3) is 5.24. The number of unbranched alkanes of at least 4 members (excludes halogenated alkanes) is 2. The molecule has 124 valence electrons. The predicted octanol–water partition coefficient (Wildman–Crippen LogP) is 4.87. The molecule has 1 aromatic carbocycles. The minimum atomic E-state index is -0.964. The van der Waals surface area contributed by atoms with E-state index in [9.17, 15) is 9.90 Å². The van der Waals surface area contributed by atoms with E-state index in [0.29, 0.717) is 19.0 Å². The molecule has 22 heavy (non-hydrogen) atoms. The number of ether oxygens (including phenoxy) is 2. The molecule has 0 aromatic heterocycles. The number of rotatable bonds is 10. The van der Waals surface area contributed by atoms with E-state index in [1.54, 1.807) is 12.1 Å². The highest BCUT2D eigenvalue weighted by atomic mass is 16.5. The van der Waals surface area contributed by atoms with Crippen molar-refractivity contribution < 1.29 is 19.4 Å². The van der Waals surface area contributed by atoms with Crippen LogP contribution in [0.3, 0.4) is 0 Å². The minimum absolute atomic E-state index is 0.194. The highest BCUT2D eigenvalue weighted by molar-refractivity contribution is 5.91. The summed E-state index contributed by atoms with van der Waals surface area (Å²) >= 11 is 0. The first-order chi connectivity index (χ1) is 10.5. The molecule has 0 amide bonds. The molecule has 4 heteroatoms. The van der Waals surface area contributed by atoms with Crippen LogP contribution in [0.25, 0.3) is 0 Å². The fourth-order valence-corrected chi connectivity index (χ4v) is 2.09. The molecule has 0 aliphatic carbocycles. The van der Waals surface area contributed by atoms with Gasteiger partial charge in [-0.1, -0.05) is 40.5 Å². The zero-order valence-electron chi connectivity index (χ0n) is 14.1. The average Bonchev–Trinajstić information content (AvgIpc) is 2.47. The summed E-state index contributed by atoms with van der Waals surface area (Å²) in [6.45, 7) is 9.40. The van der Waals surface area contributed by atoms with E-state index in [2.05, 4.69) is 13.8 Å². The molecule has 1 N–H and O–H groups in total. The van der Waals surface area contributed by atoms with E-state index < -0.39 is 5.97 Å². The van der Waals surface area contributed by atoms with Crippen LogP contribution < -0.4 is 9.47 Å². The van der Waals surface area contributed by atoms with E-state index in [4.69, 9.17) is 9.47 Å². The van der Waals surface area contributed by atoms with Gasteiger partial charge in [-0.25, -0.2) is 4.79 Å². The summed E-state index contributed by atoms with van der Waals surface area (Å²) in [6, 6.07) is 3.43. The number of carbonyl (C=O) groups is 1. The predicted molar refractivity (Wildman–Crippen MR) is 88.3 cm³/mol.